The Morgan fingerprint density at radius 2 is 1.93 bits per heavy atom. The molecule has 0 saturated heterocycles. The van der Waals surface area contributed by atoms with Gasteiger partial charge in [0.25, 0.3) is 0 Å². The molecule has 0 aliphatic heterocycles. The Balaban J connectivity index is 1.68. The molecule has 0 fully saturated rings. The zero-order valence-electron chi connectivity index (χ0n) is 15.3. The first-order valence-corrected chi connectivity index (χ1v) is 10.2. The molecule has 1 atom stereocenters. The van der Waals surface area contributed by atoms with Crippen LogP contribution in [0, 0.1) is 0 Å². The van der Waals surface area contributed by atoms with Crippen molar-refractivity contribution in [3.05, 3.63) is 64.1 Å². The normalized spacial score (nSPS) is 12.0. The zero-order valence-corrected chi connectivity index (χ0v) is 17.7. The minimum atomic E-state index is -0.0338. The Morgan fingerprint density at radius 3 is 2.61 bits per heavy atom. The number of hydrogen-bond donors (Lipinski definition) is 1. The van der Waals surface area contributed by atoms with Gasteiger partial charge in [0, 0.05) is 17.6 Å². The molecule has 3 aromatic rings. The van der Waals surface area contributed by atoms with E-state index < -0.39 is 0 Å². The number of aromatic nitrogens is 3. The predicted octanol–water partition coefficient (Wildman–Crippen LogP) is 4.28. The van der Waals surface area contributed by atoms with Crippen molar-refractivity contribution in [3.8, 4) is 11.4 Å². The molecule has 1 unspecified atom stereocenters. The van der Waals surface area contributed by atoms with Crippen LogP contribution in [0.4, 0.5) is 0 Å². The lowest BCUT2D eigenvalue weighted by atomic mass is 10.1. The van der Waals surface area contributed by atoms with E-state index in [9.17, 15) is 4.79 Å². The van der Waals surface area contributed by atoms with Crippen LogP contribution in [0.3, 0.4) is 0 Å². The third-order valence-electron chi connectivity index (χ3n) is 4.42. The van der Waals surface area contributed by atoms with E-state index in [1.807, 2.05) is 37.3 Å². The van der Waals surface area contributed by atoms with Crippen molar-refractivity contribution in [1.82, 2.24) is 19.8 Å². The Labute approximate surface area is 177 Å². The van der Waals surface area contributed by atoms with Crippen molar-refractivity contribution in [1.29, 1.82) is 0 Å². The maximum absolute atomic E-state index is 12.6. The average molecular weight is 436 g/mol. The second kappa shape index (κ2) is 8.86. The van der Waals surface area contributed by atoms with E-state index in [4.69, 9.17) is 29.0 Å². The van der Waals surface area contributed by atoms with Crippen LogP contribution in [0.1, 0.15) is 18.5 Å². The third kappa shape index (κ3) is 4.43. The second-order valence-electron chi connectivity index (χ2n) is 6.18. The van der Waals surface area contributed by atoms with Crippen molar-refractivity contribution in [3.63, 3.8) is 0 Å². The molecule has 1 aromatic heterocycles. The van der Waals surface area contributed by atoms with E-state index in [0.29, 0.717) is 26.6 Å². The minimum absolute atomic E-state index is 0.0320. The molecule has 146 valence electrons. The summed E-state index contributed by atoms with van der Waals surface area (Å²) >= 11 is 13.4. The van der Waals surface area contributed by atoms with Crippen molar-refractivity contribution < 1.29 is 4.79 Å². The van der Waals surface area contributed by atoms with Gasteiger partial charge in [-0.05, 0) is 30.7 Å². The number of thioether (sulfide) groups is 1. The molecule has 0 bridgehead atoms. The number of nitrogen functional groups attached to an aromatic ring is 1. The number of nitrogens with two attached hydrogens (primary N) is 1. The van der Waals surface area contributed by atoms with Crippen LogP contribution in [0.2, 0.25) is 10.0 Å². The van der Waals surface area contributed by atoms with Crippen LogP contribution >= 0.6 is 35.0 Å². The quantitative estimate of drug-likeness (QED) is 0.461. The van der Waals surface area contributed by atoms with Gasteiger partial charge in [0.15, 0.2) is 5.82 Å². The highest BCUT2D eigenvalue weighted by Gasteiger charge is 2.20. The fraction of sp³-hybridized carbons (Fsp3) is 0.211. The van der Waals surface area contributed by atoms with Crippen LogP contribution < -0.4 is 5.84 Å². The van der Waals surface area contributed by atoms with E-state index in [2.05, 4.69) is 10.2 Å². The Hall–Kier alpha value is -2.22. The number of amides is 1. The Morgan fingerprint density at radius 1 is 1.21 bits per heavy atom. The van der Waals surface area contributed by atoms with Gasteiger partial charge in [0.05, 0.1) is 16.8 Å². The maximum atomic E-state index is 12.6. The van der Waals surface area contributed by atoms with Crippen LogP contribution in [0.15, 0.2) is 53.7 Å². The van der Waals surface area contributed by atoms with Crippen molar-refractivity contribution in [2.75, 3.05) is 18.6 Å². The first-order chi connectivity index (χ1) is 13.4. The van der Waals surface area contributed by atoms with Crippen LogP contribution in [0.25, 0.3) is 11.4 Å². The highest BCUT2D eigenvalue weighted by Crippen LogP contribution is 2.30. The molecule has 2 N–H and O–H groups in total. The fourth-order valence-electron chi connectivity index (χ4n) is 2.63. The molecule has 0 aliphatic carbocycles. The van der Waals surface area contributed by atoms with Crippen molar-refractivity contribution >= 4 is 40.9 Å². The van der Waals surface area contributed by atoms with Gasteiger partial charge >= 0.3 is 0 Å². The van der Waals surface area contributed by atoms with Crippen molar-refractivity contribution in [2.24, 2.45) is 0 Å². The monoisotopic (exact) mass is 435 g/mol. The molecule has 0 saturated carbocycles. The molecule has 6 nitrogen and oxygen atoms in total. The zero-order chi connectivity index (χ0) is 20.3. The number of nitrogens with zero attached hydrogens (tertiary/aromatic N) is 4. The second-order valence-corrected chi connectivity index (χ2v) is 7.97. The molecule has 9 heteroatoms. The van der Waals surface area contributed by atoms with E-state index in [0.717, 1.165) is 5.56 Å². The molecule has 0 radical (unpaired) electrons. The molecule has 2 aromatic carbocycles. The first-order valence-electron chi connectivity index (χ1n) is 8.47. The van der Waals surface area contributed by atoms with Gasteiger partial charge in [-0.15, -0.1) is 10.2 Å². The Kier molecular flexibility index (Phi) is 6.49. The number of carbonyl (C=O) groups is 1. The van der Waals surface area contributed by atoms with Crippen LogP contribution in [-0.4, -0.2) is 38.5 Å². The molecular formula is C19H19Cl2N5OS. The summed E-state index contributed by atoms with van der Waals surface area (Å²) in [6.45, 7) is 1.99. The lowest BCUT2D eigenvalue weighted by Crippen LogP contribution is -2.31. The van der Waals surface area contributed by atoms with Gasteiger partial charge < -0.3 is 10.7 Å². The molecule has 0 aliphatic rings. The summed E-state index contributed by atoms with van der Waals surface area (Å²) in [5, 5.41) is 9.55. The highest BCUT2D eigenvalue weighted by atomic mass is 35.5. The van der Waals surface area contributed by atoms with Gasteiger partial charge in [-0.2, -0.15) is 0 Å². The van der Waals surface area contributed by atoms with Gasteiger partial charge in [0.1, 0.15) is 0 Å². The standard InChI is InChI=1S/C19H19Cl2N5OS/c1-12(13-6-4-3-5-7-13)25(2)17(27)11-28-19-24-23-18(26(19)22)15-9-8-14(20)10-16(15)21/h3-10,12H,11,22H2,1-2H3. The predicted molar refractivity (Wildman–Crippen MR) is 114 cm³/mol. The molecule has 1 amide bonds. The molecule has 3 rings (SSSR count). The summed E-state index contributed by atoms with van der Waals surface area (Å²) < 4.78 is 1.33. The van der Waals surface area contributed by atoms with E-state index >= 15 is 0 Å². The molecule has 1 heterocycles. The molecule has 28 heavy (non-hydrogen) atoms. The minimum Gasteiger partial charge on any atom is -0.338 e. The number of rotatable bonds is 6. The summed E-state index contributed by atoms with van der Waals surface area (Å²) in [5.74, 6) is 6.67. The van der Waals surface area contributed by atoms with Crippen LogP contribution in [-0.2, 0) is 4.79 Å². The third-order valence-corrected chi connectivity index (χ3v) is 5.89. The number of hydrogen-bond acceptors (Lipinski definition) is 5. The van der Waals surface area contributed by atoms with Crippen LogP contribution in [0.5, 0.6) is 0 Å². The topological polar surface area (TPSA) is 77.0 Å². The lowest BCUT2D eigenvalue weighted by molar-refractivity contribution is -0.128. The van der Waals surface area contributed by atoms with Gasteiger partial charge in [-0.1, -0.05) is 65.3 Å². The summed E-state index contributed by atoms with van der Waals surface area (Å²) in [7, 11) is 1.78. The summed E-state index contributed by atoms with van der Waals surface area (Å²) in [5.41, 5.74) is 1.69. The molecule has 0 spiro atoms. The summed E-state index contributed by atoms with van der Waals surface area (Å²) in [4.78, 5) is 14.3. The first kappa shape index (κ1) is 20.5. The van der Waals surface area contributed by atoms with E-state index in [1.165, 1.54) is 16.4 Å². The molecular weight excluding hydrogens is 417 g/mol. The maximum Gasteiger partial charge on any atom is 0.233 e. The van der Waals surface area contributed by atoms with Crippen molar-refractivity contribution in [2.45, 2.75) is 18.1 Å². The average Bonchev–Trinajstić information content (AvgIpc) is 3.06. The number of halogens is 2. The lowest BCUT2D eigenvalue weighted by Gasteiger charge is -2.25. The smallest absolute Gasteiger partial charge is 0.233 e. The van der Waals surface area contributed by atoms with E-state index in [-0.39, 0.29) is 17.7 Å². The SMILES string of the molecule is CC(c1ccccc1)N(C)C(=O)CSc1nnc(-c2ccc(Cl)cc2Cl)n1N. The number of benzene rings is 2. The highest BCUT2D eigenvalue weighted by molar-refractivity contribution is 7.99. The van der Waals surface area contributed by atoms with Gasteiger partial charge in [0.2, 0.25) is 11.1 Å². The van der Waals surface area contributed by atoms with Gasteiger partial charge in [-0.3, -0.25) is 4.79 Å². The number of carbonyl (C=O) groups excluding carboxylic acids is 1. The van der Waals surface area contributed by atoms with Gasteiger partial charge in [-0.25, -0.2) is 4.68 Å². The Bertz CT molecular complexity index is 980. The summed E-state index contributed by atoms with van der Waals surface area (Å²) in [6, 6.07) is 14.9. The fourth-order valence-corrected chi connectivity index (χ4v) is 3.90. The van der Waals surface area contributed by atoms with E-state index in [1.54, 1.807) is 30.1 Å². The largest absolute Gasteiger partial charge is 0.338 e. The summed E-state index contributed by atoms with van der Waals surface area (Å²) in [6.07, 6.45) is 0.